The topological polar surface area (TPSA) is 58.2 Å². The Morgan fingerprint density at radius 3 is 2.54 bits per heavy atom. The first-order chi connectivity index (χ1) is 6.09. The minimum atomic E-state index is -0.292. The van der Waals surface area contributed by atoms with Crippen molar-refractivity contribution in [3.63, 3.8) is 0 Å². The van der Waals surface area contributed by atoms with Crippen molar-refractivity contribution in [1.82, 2.24) is 10.9 Å². The van der Waals surface area contributed by atoms with Gasteiger partial charge in [-0.25, -0.2) is 0 Å². The molecule has 1 rings (SSSR count). The fourth-order valence-electron chi connectivity index (χ4n) is 0.779. The van der Waals surface area contributed by atoms with Crippen LogP contribution in [0.3, 0.4) is 0 Å². The minimum Gasteiger partial charge on any atom is -0.274 e. The summed E-state index contributed by atoms with van der Waals surface area (Å²) < 4.78 is 0. The van der Waals surface area contributed by atoms with E-state index in [0.29, 0.717) is 5.56 Å². The van der Waals surface area contributed by atoms with Crippen LogP contribution < -0.4 is 10.9 Å². The van der Waals surface area contributed by atoms with E-state index in [-0.39, 0.29) is 11.8 Å². The second-order valence-electron chi connectivity index (χ2n) is 2.58. The van der Waals surface area contributed by atoms with Gasteiger partial charge in [0.1, 0.15) is 0 Å². The average molecular weight is 198 g/mol. The maximum atomic E-state index is 11.2. The van der Waals surface area contributed by atoms with Crippen molar-refractivity contribution in [3.05, 3.63) is 21.9 Å². The third-order valence-electron chi connectivity index (χ3n) is 1.34. The third kappa shape index (κ3) is 2.87. The molecule has 0 aliphatic rings. The molecule has 1 heterocycles. The van der Waals surface area contributed by atoms with Gasteiger partial charge in [0.15, 0.2) is 0 Å². The summed E-state index contributed by atoms with van der Waals surface area (Å²) in [6, 6.07) is 1.77. The van der Waals surface area contributed by atoms with Gasteiger partial charge in [0, 0.05) is 17.2 Å². The van der Waals surface area contributed by atoms with Gasteiger partial charge in [0.05, 0.1) is 5.56 Å². The largest absolute Gasteiger partial charge is 0.274 e. The molecular formula is C8H10N2O2S. The molecule has 4 nitrogen and oxygen atoms in total. The number of aryl methyl sites for hydroxylation is 1. The Morgan fingerprint density at radius 2 is 2.08 bits per heavy atom. The zero-order valence-electron chi connectivity index (χ0n) is 7.38. The summed E-state index contributed by atoms with van der Waals surface area (Å²) in [5.41, 5.74) is 5.07. The van der Waals surface area contributed by atoms with Crippen LogP contribution in [0.25, 0.3) is 0 Å². The summed E-state index contributed by atoms with van der Waals surface area (Å²) >= 11 is 1.49. The first kappa shape index (κ1) is 9.73. The van der Waals surface area contributed by atoms with Crippen molar-refractivity contribution in [2.45, 2.75) is 13.8 Å². The van der Waals surface area contributed by atoms with E-state index in [4.69, 9.17) is 0 Å². The standard InChI is InChI=1S/C8H10N2O2S/c1-5-3-7(4-13-5)8(12)10-9-6(2)11/h3-4H,1-2H3,(H,9,11)(H,10,12). The highest BCUT2D eigenvalue weighted by atomic mass is 32.1. The maximum Gasteiger partial charge on any atom is 0.270 e. The molecule has 70 valence electrons. The number of hydrogen-bond acceptors (Lipinski definition) is 3. The number of carbonyl (C=O) groups is 2. The van der Waals surface area contributed by atoms with Crippen molar-refractivity contribution in [2.75, 3.05) is 0 Å². The molecule has 1 aromatic rings. The molecule has 5 heteroatoms. The Bertz CT molecular complexity index is 333. The number of nitrogens with one attached hydrogen (secondary N) is 2. The number of thiophene rings is 1. The van der Waals surface area contributed by atoms with Crippen molar-refractivity contribution < 1.29 is 9.59 Å². The molecule has 0 aliphatic carbocycles. The van der Waals surface area contributed by atoms with Gasteiger partial charge in [0.25, 0.3) is 5.91 Å². The van der Waals surface area contributed by atoms with Gasteiger partial charge >= 0.3 is 0 Å². The molecule has 2 N–H and O–H groups in total. The lowest BCUT2D eigenvalue weighted by Gasteiger charge is -2.01. The predicted molar refractivity (Wildman–Crippen MR) is 50.3 cm³/mol. The van der Waals surface area contributed by atoms with Crippen LogP contribution in [0.2, 0.25) is 0 Å². The summed E-state index contributed by atoms with van der Waals surface area (Å²) in [5, 5.41) is 1.74. The Balaban J connectivity index is 2.54. The lowest BCUT2D eigenvalue weighted by molar-refractivity contribution is -0.119. The molecule has 13 heavy (non-hydrogen) atoms. The molecule has 0 atom stereocenters. The van der Waals surface area contributed by atoms with Gasteiger partial charge in [-0.3, -0.25) is 20.4 Å². The van der Waals surface area contributed by atoms with Gasteiger partial charge in [-0.05, 0) is 13.0 Å². The van der Waals surface area contributed by atoms with Gasteiger partial charge in [-0.2, -0.15) is 0 Å². The Morgan fingerprint density at radius 1 is 1.38 bits per heavy atom. The molecule has 0 aliphatic heterocycles. The van der Waals surface area contributed by atoms with Crippen LogP contribution in [0.5, 0.6) is 0 Å². The number of hydrogen-bond donors (Lipinski definition) is 2. The molecule has 0 unspecified atom stereocenters. The zero-order chi connectivity index (χ0) is 9.84. The van der Waals surface area contributed by atoms with Crippen LogP contribution in [0.4, 0.5) is 0 Å². The molecule has 0 bridgehead atoms. The number of rotatable bonds is 1. The van der Waals surface area contributed by atoms with E-state index in [1.165, 1.54) is 18.3 Å². The first-order valence-electron chi connectivity index (χ1n) is 3.71. The van der Waals surface area contributed by atoms with Crippen LogP contribution in [-0.4, -0.2) is 11.8 Å². The van der Waals surface area contributed by atoms with E-state index >= 15 is 0 Å². The van der Waals surface area contributed by atoms with E-state index in [0.717, 1.165) is 4.88 Å². The highest BCUT2D eigenvalue weighted by Crippen LogP contribution is 2.12. The minimum absolute atomic E-state index is 0.291. The Hall–Kier alpha value is -1.36. The lowest BCUT2D eigenvalue weighted by atomic mass is 10.3. The summed E-state index contributed by atoms with van der Waals surface area (Å²) in [6.07, 6.45) is 0. The first-order valence-corrected chi connectivity index (χ1v) is 4.59. The highest BCUT2D eigenvalue weighted by molar-refractivity contribution is 7.10. The quantitative estimate of drug-likeness (QED) is 0.657. The van der Waals surface area contributed by atoms with E-state index in [2.05, 4.69) is 10.9 Å². The Kier molecular flexibility index (Phi) is 3.02. The monoisotopic (exact) mass is 198 g/mol. The van der Waals surface area contributed by atoms with Crippen LogP contribution in [0, 0.1) is 6.92 Å². The van der Waals surface area contributed by atoms with Crippen LogP contribution in [0.15, 0.2) is 11.4 Å². The molecule has 0 saturated heterocycles. The average Bonchev–Trinajstić information content (AvgIpc) is 2.47. The van der Waals surface area contributed by atoms with Crippen molar-refractivity contribution in [1.29, 1.82) is 0 Å². The summed E-state index contributed by atoms with van der Waals surface area (Å²) in [6.45, 7) is 3.25. The molecule has 2 amide bonds. The van der Waals surface area contributed by atoms with Gasteiger partial charge in [-0.15, -0.1) is 11.3 Å². The van der Waals surface area contributed by atoms with Crippen LogP contribution in [0.1, 0.15) is 22.2 Å². The van der Waals surface area contributed by atoms with Crippen LogP contribution >= 0.6 is 11.3 Å². The normalized spacial score (nSPS) is 9.38. The third-order valence-corrected chi connectivity index (χ3v) is 2.21. The number of amides is 2. The molecule has 1 aromatic heterocycles. The summed E-state index contributed by atoms with van der Waals surface area (Å²) in [5.74, 6) is -0.583. The number of hydrazine groups is 1. The van der Waals surface area contributed by atoms with E-state index in [1.54, 1.807) is 11.4 Å². The Labute approximate surface area is 79.9 Å². The SMILES string of the molecule is CC(=O)NNC(=O)c1csc(C)c1. The second kappa shape index (κ2) is 4.04. The van der Waals surface area contributed by atoms with Gasteiger partial charge in [-0.1, -0.05) is 0 Å². The molecular weight excluding hydrogens is 188 g/mol. The van der Waals surface area contributed by atoms with Crippen LogP contribution in [-0.2, 0) is 4.79 Å². The lowest BCUT2D eigenvalue weighted by Crippen LogP contribution is -2.40. The highest BCUT2D eigenvalue weighted by Gasteiger charge is 2.06. The molecule has 0 aromatic carbocycles. The fourth-order valence-corrected chi connectivity index (χ4v) is 1.46. The van der Waals surface area contributed by atoms with Crippen molar-refractivity contribution in [2.24, 2.45) is 0 Å². The van der Waals surface area contributed by atoms with E-state index < -0.39 is 0 Å². The molecule has 0 radical (unpaired) electrons. The summed E-state index contributed by atoms with van der Waals surface area (Å²) in [4.78, 5) is 22.8. The molecule has 0 fully saturated rings. The molecule has 0 spiro atoms. The van der Waals surface area contributed by atoms with Gasteiger partial charge < -0.3 is 0 Å². The fraction of sp³-hybridized carbons (Fsp3) is 0.250. The van der Waals surface area contributed by atoms with E-state index in [9.17, 15) is 9.59 Å². The van der Waals surface area contributed by atoms with Crippen molar-refractivity contribution >= 4 is 23.2 Å². The van der Waals surface area contributed by atoms with Crippen molar-refractivity contribution in [3.8, 4) is 0 Å². The van der Waals surface area contributed by atoms with E-state index in [1.807, 2.05) is 6.92 Å². The number of carbonyl (C=O) groups excluding carboxylic acids is 2. The molecule has 0 saturated carbocycles. The predicted octanol–water partition coefficient (Wildman–Crippen LogP) is 0.837. The maximum absolute atomic E-state index is 11.2. The summed E-state index contributed by atoms with van der Waals surface area (Å²) in [7, 11) is 0. The smallest absolute Gasteiger partial charge is 0.270 e. The zero-order valence-corrected chi connectivity index (χ0v) is 8.20. The van der Waals surface area contributed by atoms with Gasteiger partial charge in [0.2, 0.25) is 5.91 Å². The second-order valence-corrected chi connectivity index (χ2v) is 3.70.